The Morgan fingerprint density at radius 2 is 1.71 bits per heavy atom. The van der Waals surface area contributed by atoms with Crippen LogP contribution < -0.4 is 5.32 Å². The topological polar surface area (TPSA) is 93.5 Å². The number of halogens is 1. The van der Waals surface area contributed by atoms with Gasteiger partial charge < -0.3 is 10.2 Å². The normalized spacial score (nSPS) is 15.4. The highest BCUT2D eigenvalue weighted by Gasteiger charge is 2.28. The molecule has 0 atom stereocenters. The Morgan fingerprint density at radius 3 is 2.29 bits per heavy atom. The van der Waals surface area contributed by atoms with Crippen molar-refractivity contribution in [1.82, 2.24) is 14.5 Å². The molecule has 1 aliphatic rings. The Labute approximate surface area is 187 Å². The molecule has 2 aromatic carbocycles. The number of rotatable bonds is 6. The molecule has 162 valence electrons. The maximum Gasteiger partial charge on any atom is 0.263 e. The van der Waals surface area contributed by atoms with E-state index in [1.807, 2.05) is 13.0 Å². The van der Waals surface area contributed by atoms with Crippen molar-refractivity contribution >= 4 is 27.5 Å². The molecule has 9 heteroatoms. The summed E-state index contributed by atoms with van der Waals surface area (Å²) in [7, 11) is -3.56. The number of hydrogen-bond acceptors (Lipinski definition) is 5. The maximum absolute atomic E-state index is 12.8. The fraction of sp³-hybridized carbons (Fsp3) is 0.273. The molecule has 1 saturated heterocycles. The molecular formula is C22H23ClN4O3S. The lowest BCUT2D eigenvalue weighted by Gasteiger charge is -2.33. The minimum Gasteiger partial charge on any atom is -0.373 e. The number of benzene rings is 2. The van der Waals surface area contributed by atoms with Crippen LogP contribution in [0.15, 0.2) is 65.2 Å². The van der Waals surface area contributed by atoms with Gasteiger partial charge in [0.15, 0.2) is 0 Å². The number of hydrogen-bond donors (Lipinski definition) is 1. The van der Waals surface area contributed by atoms with Gasteiger partial charge in [-0.1, -0.05) is 41.4 Å². The van der Waals surface area contributed by atoms with Crippen LogP contribution in [0.1, 0.15) is 11.1 Å². The van der Waals surface area contributed by atoms with Crippen LogP contribution >= 0.6 is 11.6 Å². The van der Waals surface area contributed by atoms with Gasteiger partial charge in [-0.2, -0.15) is 9.57 Å². The molecule has 0 spiro atoms. The van der Waals surface area contributed by atoms with E-state index >= 15 is 0 Å². The predicted molar refractivity (Wildman–Crippen MR) is 119 cm³/mol. The van der Waals surface area contributed by atoms with Gasteiger partial charge in [0.2, 0.25) is 10.0 Å². The summed E-state index contributed by atoms with van der Waals surface area (Å²) in [5.41, 5.74) is 1.83. The Balaban J connectivity index is 1.58. The summed E-state index contributed by atoms with van der Waals surface area (Å²) in [4.78, 5) is 14.4. The van der Waals surface area contributed by atoms with Crippen LogP contribution in [0.25, 0.3) is 0 Å². The van der Waals surface area contributed by atoms with E-state index in [0.29, 0.717) is 18.1 Å². The second kappa shape index (κ2) is 9.96. The Bertz CT molecular complexity index is 1100. The van der Waals surface area contributed by atoms with E-state index in [1.54, 1.807) is 53.4 Å². The van der Waals surface area contributed by atoms with Crippen molar-refractivity contribution in [3.8, 4) is 6.07 Å². The predicted octanol–water partition coefficient (Wildman–Crippen LogP) is 2.68. The molecule has 1 heterocycles. The average Bonchev–Trinajstić information content (AvgIpc) is 2.77. The molecule has 0 saturated carbocycles. The number of nitrogens with one attached hydrogen (secondary N) is 1. The van der Waals surface area contributed by atoms with Gasteiger partial charge in [-0.3, -0.25) is 4.79 Å². The second-order valence-corrected chi connectivity index (χ2v) is 9.59. The highest BCUT2D eigenvalue weighted by atomic mass is 35.5. The fourth-order valence-corrected chi connectivity index (χ4v) is 4.68. The molecular weight excluding hydrogens is 436 g/mol. The molecule has 2 aromatic rings. The first-order chi connectivity index (χ1) is 14.8. The number of sulfonamides is 1. The third-order valence-electron chi connectivity index (χ3n) is 4.98. The van der Waals surface area contributed by atoms with Gasteiger partial charge in [0, 0.05) is 43.9 Å². The van der Waals surface area contributed by atoms with Crippen LogP contribution in [0.5, 0.6) is 0 Å². The molecule has 7 nitrogen and oxygen atoms in total. The SMILES string of the molecule is Cc1ccc(S(=O)(=O)N2CCN(/C=C(/C#N)C(=O)NCc3ccc(Cl)cc3)CC2)cc1. The summed E-state index contributed by atoms with van der Waals surface area (Å²) in [5, 5.41) is 12.7. The van der Waals surface area contributed by atoms with Crippen LogP contribution in [0.4, 0.5) is 0 Å². The van der Waals surface area contributed by atoms with Gasteiger partial charge in [0.05, 0.1) is 4.90 Å². The van der Waals surface area contributed by atoms with E-state index in [9.17, 15) is 18.5 Å². The van der Waals surface area contributed by atoms with E-state index < -0.39 is 15.9 Å². The molecule has 0 unspecified atom stereocenters. The number of piperazine rings is 1. The number of amides is 1. The highest BCUT2D eigenvalue weighted by Crippen LogP contribution is 2.18. The smallest absolute Gasteiger partial charge is 0.263 e. The van der Waals surface area contributed by atoms with Crippen molar-refractivity contribution in [2.45, 2.75) is 18.4 Å². The third-order valence-corrected chi connectivity index (χ3v) is 7.14. The first kappa shape index (κ1) is 22.8. The van der Waals surface area contributed by atoms with E-state index in [1.165, 1.54) is 10.5 Å². The van der Waals surface area contributed by atoms with Crippen LogP contribution in [0, 0.1) is 18.3 Å². The molecule has 1 N–H and O–H groups in total. The minimum atomic E-state index is -3.56. The lowest BCUT2D eigenvalue weighted by Crippen LogP contribution is -2.47. The number of carbonyl (C=O) groups excluding carboxylic acids is 1. The van der Waals surface area contributed by atoms with Gasteiger partial charge in [-0.25, -0.2) is 8.42 Å². The Hall–Kier alpha value is -2.86. The van der Waals surface area contributed by atoms with Crippen molar-refractivity contribution in [3.05, 3.63) is 76.5 Å². The zero-order chi connectivity index (χ0) is 22.4. The highest BCUT2D eigenvalue weighted by molar-refractivity contribution is 7.89. The van der Waals surface area contributed by atoms with E-state index in [4.69, 9.17) is 11.6 Å². The molecule has 3 rings (SSSR count). The molecule has 0 radical (unpaired) electrons. The lowest BCUT2D eigenvalue weighted by atomic mass is 10.2. The molecule has 0 bridgehead atoms. The Kier molecular flexibility index (Phi) is 7.33. The fourth-order valence-electron chi connectivity index (χ4n) is 3.13. The molecule has 0 aromatic heterocycles. The molecule has 0 aliphatic carbocycles. The van der Waals surface area contributed by atoms with Crippen molar-refractivity contribution < 1.29 is 13.2 Å². The largest absolute Gasteiger partial charge is 0.373 e. The summed E-state index contributed by atoms with van der Waals surface area (Å²) in [6, 6.07) is 15.7. The summed E-state index contributed by atoms with van der Waals surface area (Å²) in [5.74, 6) is -0.479. The van der Waals surface area contributed by atoms with Crippen LogP contribution in [-0.2, 0) is 21.4 Å². The molecule has 1 aliphatic heterocycles. The minimum absolute atomic E-state index is 0.0243. The molecule has 1 fully saturated rings. The standard InChI is InChI=1S/C22H23ClN4O3S/c1-17-2-8-21(9-3-17)31(29,30)27-12-10-26(11-13-27)16-19(14-24)22(28)25-15-18-4-6-20(23)7-5-18/h2-9,16H,10-13,15H2,1H3,(H,25,28)/b19-16-. The zero-order valence-electron chi connectivity index (χ0n) is 17.1. The quantitative estimate of drug-likeness (QED) is 0.530. The first-order valence-corrected chi connectivity index (χ1v) is 11.6. The van der Waals surface area contributed by atoms with Crippen LogP contribution in [0.2, 0.25) is 5.02 Å². The summed E-state index contributed by atoms with van der Waals surface area (Å²) in [6.45, 7) is 3.51. The van der Waals surface area contributed by atoms with Crippen LogP contribution in [0.3, 0.4) is 0 Å². The van der Waals surface area contributed by atoms with Crippen LogP contribution in [-0.4, -0.2) is 49.7 Å². The number of carbonyl (C=O) groups is 1. The van der Waals surface area contributed by atoms with Gasteiger partial charge in [-0.05, 0) is 36.8 Å². The zero-order valence-corrected chi connectivity index (χ0v) is 18.7. The number of nitriles is 1. The number of nitrogens with zero attached hydrogens (tertiary/aromatic N) is 3. The summed E-state index contributed by atoms with van der Waals surface area (Å²) >= 11 is 5.85. The van der Waals surface area contributed by atoms with Crippen molar-refractivity contribution in [1.29, 1.82) is 5.26 Å². The summed E-state index contributed by atoms with van der Waals surface area (Å²) in [6.07, 6.45) is 1.49. The average molecular weight is 459 g/mol. The Morgan fingerprint density at radius 1 is 1.10 bits per heavy atom. The van der Waals surface area contributed by atoms with Crippen molar-refractivity contribution in [2.75, 3.05) is 26.2 Å². The van der Waals surface area contributed by atoms with E-state index in [0.717, 1.165) is 11.1 Å². The van der Waals surface area contributed by atoms with E-state index in [-0.39, 0.29) is 30.1 Å². The van der Waals surface area contributed by atoms with Gasteiger partial charge in [-0.15, -0.1) is 0 Å². The van der Waals surface area contributed by atoms with Crippen molar-refractivity contribution in [3.63, 3.8) is 0 Å². The monoisotopic (exact) mass is 458 g/mol. The molecule has 31 heavy (non-hydrogen) atoms. The number of aryl methyl sites for hydroxylation is 1. The van der Waals surface area contributed by atoms with Gasteiger partial charge >= 0.3 is 0 Å². The second-order valence-electron chi connectivity index (χ2n) is 7.22. The van der Waals surface area contributed by atoms with Gasteiger partial charge in [0.1, 0.15) is 11.6 Å². The lowest BCUT2D eigenvalue weighted by molar-refractivity contribution is -0.117. The third kappa shape index (κ3) is 5.85. The van der Waals surface area contributed by atoms with Crippen molar-refractivity contribution in [2.24, 2.45) is 0 Å². The molecule has 1 amide bonds. The van der Waals surface area contributed by atoms with Gasteiger partial charge in [0.25, 0.3) is 5.91 Å². The van der Waals surface area contributed by atoms with E-state index in [2.05, 4.69) is 5.32 Å². The maximum atomic E-state index is 12.8. The summed E-state index contributed by atoms with van der Waals surface area (Å²) < 4.78 is 27.0. The first-order valence-electron chi connectivity index (χ1n) is 9.75.